The number of carbonyl (C=O) groups is 1. The van der Waals surface area contributed by atoms with E-state index in [0.717, 1.165) is 17.7 Å². The predicted octanol–water partition coefficient (Wildman–Crippen LogP) is 3.00. The van der Waals surface area contributed by atoms with Gasteiger partial charge in [0.15, 0.2) is 6.61 Å². The van der Waals surface area contributed by atoms with Gasteiger partial charge in [-0.15, -0.1) is 0 Å². The van der Waals surface area contributed by atoms with Crippen LogP contribution in [0, 0.1) is 5.92 Å². The highest BCUT2D eigenvalue weighted by Crippen LogP contribution is 2.26. The first kappa shape index (κ1) is 18.0. The predicted molar refractivity (Wildman–Crippen MR) is 87.3 cm³/mol. The Morgan fingerprint density at radius 2 is 2.08 bits per heavy atom. The van der Waals surface area contributed by atoms with Crippen LogP contribution in [-0.2, 0) is 6.42 Å². The maximum absolute atomic E-state index is 12.1. The van der Waals surface area contributed by atoms with Gasteiger partial charge in [0, 0.05) is 24.7 Å². The second-order valence-electron chi connectivity index (χ2n) is 5.99. The normalized spacial score (nSPS) is 16.3. The van der Waals surface area contributed by atoms with Crippen molar-refractivity contribution < 1.29 is 27.4 Å². The molecule has 1 amide bonds. The molecule has 0 fully saturated rings. The lowest BCUT2D eigenvalue weighted by Gasteiger charge is -2.25. The van der Waals surface area contributed by atoms with E-state index in [1.165, 1.54) is 18.3 Å². The molecule has 1 aromatic carbocycles. The van der Waals surface area contributed by atoms with Crippen LogP contribution in [0.2, 0.25) is 0 Å². The van der Waals surface area contributed by atoms with Gasteiger partial charge in [-0.05, 0) is 24.1 Å². The van der Waals surface area contributed by atoms with Crippen LogP contribution >= 0.6 is 0 Å². The van der Waals surface area contributed by atoms with Crippen LogP contribution in [0.4, 0.5) is 13.2 Å². The van der Waals surface area contributed by atoms with E-state index in [2.05, 4.69) is 15.0 Å². The highest BCUT2D eigenvalue weighted by atomic mass is 19.4. The zero-order valence-electron chi connectivity index (χ0n) is 13.8. The van der Waals surface area contributed by atoms with E-state index < -0.39 is 12.8 Å². The number of nitrogens with one attached hydrogen (secondary N) is 1. The Kier molecular flexibility index (Phi) is 5.29. The summed E-state index contributed by atoms with van der Waals surface area (Å²) in [7, 11) is 0. The Balaban J connectivity index is 1.49. The molecule has 26 heavy (non-hydrogen) atoms. The summed E-state index contributed by atoms with van der Waals surface area (Å²) in [6.07, 6.45) is -2.44. The lowest BCUT2D eigenvalue weighted by Crippen LogP contribution is -2.34. The van der Waals surface area contributed by atoms with Crippen LogP contribution in [0.25, 0.3) is 0 Å². The minimum Gasteiger partial charge on any atom is -0.493 e. The van der Waals surface area contributed by atoms with E-state index in [0.29, 0.717) is 13.2 Å². The number of amides is 1. The molecular formula is C18H17F3N2O3. The summed E-state index contributed by atoms with van der Waals surface area (Å²) in [5, 5.41) is 2.80. The van der Waals surface area contributed by atoms with Crippen molar-refractivity contribution in [2.45, 2.75) is 12.6 Å². The molecule has 0 saturated carbocycles. The first-order valence-corrected chi connectivity index (χ1v) is 8.05. The van der Waals surface area contributed by atoms with Crippen molar-refractivity contribution in [3.05, 3.63) is 53.7 Å². The Bertz CT molecular complexity index is 763. The standard InChI is InChI=1S/C18H17F3N2O3/c19-18(20,21)11-26-16-6-5-14(9-22-16)17(24)23-8-12-7-13-3-1-2-4-15(13)25-10-12/h1-6,9,12H,7-8,10-11H2,(H,23,24)/t12-/m1/s1. The monoisotopic (exact) mass is 366 g/mol. The maximum atomic E-state index is 12.1. The topological polar surface area (TPSA) is 60.5 Å². The van der Waals surface area contributed by atoms with Gasteiger partial charge in [0.25, 0.3) is 5.91 Å². The number of rotatable bonds is 5. The third kappa shape index (κ3) is 4.87. The molecule has 8 heteroatoms. The molecule has 1 aliphatic rings. The fourth-order valence-electron chi connectivity index (χ4n) is 2.62. The van der Waals surface area contributed by atoms with E-state index >= 15 is 0 Å². The van der Waals surface area contributed by atoms with Gasteiger partial charge >= 0.3 is 6.18 Å². The number of fused-ring (bicyclic) bond motifs is 1. The third-order valence-corrected chi connectivity index (χ3v) is 3.89. The lowest BCUT2D eigenvalue weighted by atomic mass is 9.97. The molecule has 1 atom stereocenters. The van der Waals surface area contributed by atoms with Crippen molar-refractivity contribution >= 4 is 5.91 Å². The third-order valence-electron chi connectivity index (χ3n) is 3.89. The Morgan fingerprint density at radius 1 is 1.27 bits per heavy atom. The van der Waals surface area contributed by atoms with E-state index in [1.807, 2.05) is 24.3 Å². The molecule has 0 radical (unpaired) electrons. The quantitative estimate of drug-likeness (QED) is 0.884. The average Bonchev–Trinajstić information content (AvgIpc) is 2.64. The highest BCUT2D eigenvalue weighted by Gasteiger charge is 2.28. The number of nitrogens with zero attached hydrogens (tertiary/aromatic N) is 1. The summed E-state index contributed by atoms with van der Waals surface area (Å²) in [5.41, 5.74) is 1.35. The van der Waals surface area contributed by atoms with Crippen LogP contribution in [0.1, 0.15) is 15.9 Å². The second-order valence-corrected chi connectivity index (χ2v) is 5.99. The van der Waals surface area contributed by atoms with Crippen LogP contribution in [0.3, 0.4) is 0 Å². The fraction of sp³-hybridized carbons (Fsp3) is 0.333. The number of para-hydroxylation sites is 1. The minimum absolute atomic E-state index is 0.149. The maximum Gasteiger partial charge on any atom is 0.422 e. The minimum atomic E-state index is -4.43. The molecule has 0 spiro atoms. The number of alkyl halides is 3. The molecule has 1 aliphatic heterocycles. The molecule has 0 aliphatic carbocycles. The molecule has 138 valence electrons. The summed E-state index contributed by atoms with van der Waals surface area (Å²) < 4.78 is 46.5. The molecule has 1 N–H and O–H groups in total. The van der Waals surface area contributed by atoms with Gasteiger partial charge < -0.3 is 14.8 Å². The van der Waals surface area contributed by atoms with Crippen LogP contribution in [0.5, 0.6) is 11.6 Å². The van der Waals surface area contributed by atoms with Crippen LogP contribution < -0.4 is 14.8 Å². The van der Waals surface area contributed by atoms with Crippen molar-refractivity contribution in [3.8, 4) is 11.6 Å². The molecule has 0 unspecified atom stereocenters. The van der Waals surface area contributed by atoms with Crippen molar-refractivity contribution in [2.24, 2.45) is 5.92 Å². The average molecular weight is 366 g/mol. The summed E-state index contributed by atoms with van der Waals surface area (Å²) in [5.74, 6) is 0.486. The van der Waals surface area contributed by atoms with Gasteiger partial charge in [0.2, 0.25) is 5.88 Å². The van der Waals surface area contributed by atoms with E-state index in [4.69, 9.17) is 4.74 Å². The summed E-state index contributed by atoms with van der Waals surface area (Å²) in [6.45, 7) is -0.478. The Hall–Kier alpha value is -2.77. The molecule has 0 bridgehead atoms. The number of pyridine rings is 1. The van der Waals surface area contributed by atoms with Gasteiger partial charge in [-0.25, -0.2) is 4.98 Å². The molecule has 5 nitrogen and oxygen atoms in total. The fourth-order valence-corrected chi connectivity index (χ4v) is 2.62. The lowest BCUT2D eigenvalue weighted by molar-refractivity contribution is -0.154. The van der Waals surface area contributed by atoms with Gasteiger partial charge in [0.1, 0.15) is 5.75 Å². The van der Waals surface area contributed by atoms with Gasteiger partial charge in [-0.2, -0.15) is 13.2 Å². The summed E-state index contributed by atoms with van der Waals surface area (Å²) in [6, 6.07) is 10.4. The number of halogens is 3. The van der Waals surface area contributed by atoms with Gasteiger partial charge in [-0.3, -0.25) is 4.79 Å². The summed E-state index contributed by atoms with van der Waals surface area (Å²) >= 11 is 0. The van der Waals surface area contributed by atoms with Crippen molar-refractivity contribution in [1.29, 1.82) is 0 Å². The van der Waals surface area contributed by atoms with E-state index in [1.54, 1.807) is 0 Å². The molecule has 0 saturated heterocycles. The SMILES string of the molecule is O=C(NC[C@@H]1COc2ccccc2C1)c1ccc(OCC(F)(F)F)nc1. The molecular weight excluding hydrogens is 349 g/mol. The highest BCUT2D eigenvalue weighted by molar-refractivity contribution is 5.93. The van der Waals surface area contributed by atoms with Crippen LogP contribution in [-0.4, -0.2) is 36.8 Å². The molecule has 1 aromatic heterocycles. The van der Waals surface area contributed by atoms with Gasteiger partial charge in [0.05, 0.1) is 12.2 Å². The Labute approximate surface area is 148 Å². The molecule has 2 aromatic rings. The van der Waals surface area contributed by atoms with Crippen molar-refractivity contribution in [1.82, 2.24) is 10.3 Å². The first-order valence-electron chi connectivity index (χ1n) is 8.05. The van der Waals surface area contributed by atoms with E-state index in [9.17, 15) is 18.0 Å². The van der Waals surface area contributed by atoms with Crippen LogP contribution in [0.15, 0.2) is 42.6 Å². The number of carbonyl (C=O) groups excluding carboxylic acids is 1. The molecule has 3 rings (SSSR count). The smallest absolute Gasteiger partial charge is 0.422 e. The van der Waals surface area contributed by atoms with Crippen molar-refractivity contribution in [3.63, 3.8) is 0 Å². The number of hydrogen-bond acceptors (Lipinski definition) is 4. The zero-order chi connectivity index (χ0) is 18.6. The largest absolute Gasteiger partial charge is 0.493 e. The van der Waals surface area contributed by atoms with Crippen molar-refractivity contribution in [2.75, 3.05) is 19.8 Å². The summed E-state index contributed by atoms with van der Waals surface area (Å²) in [4.78, 5) is 15.9. The number of benzene rings is 1. The number of aromatic nitrogens is 1. The molecule has 2 heterocycles. The Morgan fingerprint density at radius 3 is 2.81 bits per heavy atom. The number of hydrogen-bond donors (Lipinski definition) is 1. The van der Waals surface area contributed by atoms with E-state index in [-0.39, 0.29) is 23.3 Å². The zero-order valence-corrected chi connectivity index (χ0v) is 13.8. The second kappa shape index (κ2) is 7.63. The first-order chi connectivity index (χ1) is 12.4. The van der Waals surface area contributed by atoms with Gasteiger partial charge in [-0.1, -0.05) is 18.2 Å². The number of ether oxygens (including phenoxy) is 2.